The second kappa shape index (κ2) is 10.5. The molecule has 0 spiro atoms. The summed E-state index contributed by atoms with van der Waals surface area (Å²) >= 11 is 0. The Hall–Kier alpha value is -3.74. The number of carbonyl (C=O) groups is 3. The van der Waals surface area contributed by atoms with Gasteiger partial charge in [0.2, 0.25) is 11.8 Å². The number of hydrogen-bond acceptors (Lipinski definition) is 4. The van der Waals surface area contributed by atoms with Crippen LogP contribution in [0.3, 0.4) is 0 Å². The highest BCUT2D eigenvalue weighted by molar-refractivity contribution is 6.09. The number of benzene rings is 2. The highest BCUT2D eigenvalue weighted by Crippen LogP contribution is 2.32. The first-order valence-electron chi connectivity index (χ1n) is 12.8. The quantitative estimate of drug-likeness (QED) is 0.552. The van der Waals surface area contributed by atoms with E-state index in [0.717, 1.165) is 29.3 Å². The summed E-state index contributed by atoms with van der Waals surface area (Å²) in [5.41, 5.74) is 3.43. The lowest BCUT2D eigenvalue weighted by atomic mass is 9.84. The molecule has 2 N–H and O–H groups in total. The molecule has 1 aliphatic heterocycles. The van der Waals surface area contributed by atoms with Gasteiger partial charge in [-0.3, -0.25) is 14.4 Å². The van der Waals surface area contributed by atoms with E-state index in [1.165, 1.54) is 24.2 Å². The lowest BCUT2D eigenvalue weighted by molar-refractivity contribution is -0.141. The second-order valence-electron chi connectivity index (χ2n) is 9.88. The molecule has 1 aliphatic carbocycles. The van der Waals surface area contributed by atoms with Gasteiger partial charge in [-0.2, -0.15) is 0 Å². The van der Waals surface area contributed by atoms with Gasteiger partial charge in [0.25, 0.3) is 5.91 Å². The van der Waals surface area contributed by atoms with Gasteiger partial charge >= 0.3 is 0 Å². The zero-order valence-corrected chi connectivity index (χ0v) is 20.6. The summed E-state index contributed by atoms with van der Waals surface area (Å²) in [6.45, 7) is 2.14. The Morgan fingerprint density at radius 1 is 1.06 bits per heavy atom. The Bertz CT molecular complexity index is 1280. The maximum Gasteiger partial charge on any atom is 0.252 e. The predicted molar refractivity (Wildman–Crippen MR) is 139 cm³/mol. The Morgan fingerprint density at radius 2 is 1.78 bits per heavy atom. The second-order valence-corrected chi connectivity index (χ2v) is 9.88. The molecule has 7 nitrogen and oxygen atoms in total. The first-order valence-corrected chi connectivity index (χ1v) is 12.8. The van der Waals surface area contributed by atoms with Crippen LogP contribution in [0.2, 0.25) is 0 Å². The van der Waals surface area contributed by atoms with Gasteiger partial charge in [0, 0.05) is 29.1 Å². The summed E-state index contributed by atoms with van der Waals surface area (Å²) < 4.78 is 0. The van der Waals surface area contributed by atoms with E-state index in [-0.39, 0.29) is 43.4 Å². The summed E-state index contributed by atoms with van der Waals surface area (Å²) in [4.78, 5) is 45.3. The zero-order valence-electron chi connectivity index (χ0n) is 20.6. The average Bonchev–Trinajstić information content (AvgIpc) is 2.91. The molecule has 2 heterocycles. The number of piperazine rings is 1. The Labute approximate surface area is 211 Å². The van der Waals surface area contributed by atoms with E-state index in [1.54, 1.807) is 0 Å². The summed E-state index contributed by atoms with van der Waals surface area (Å²) in [6, 6.07) is 17.4. The summed E-state index contributed by atoms with van der Waals surface area (Å²) in [5.74, 6) is -0.0850. The molecular weight excluding hydrogens is 452 g/mol. The van der Waals surface area contributed by atoms with Crippen molar-refractivity contribution in [1.29, 1.82) is 0 Å². The fourth-order valence-electron chi connectivity index (χ4n) is 5.47. The van der Waals surface area contributed by atoms with Crippen molar-refractivity contribution in [1.82, 2.24) is 20.5 Å². The molecule has 3 amide bonds. The molecule has 5 rings (SSSR count). The first-order chi connectivity index (χ1) is 17.5. The van der Waals surface area contributed by atoms with Gasteiger partial charge in [-0.15, -0.1) is 0 Å². The fourth-order valence-corrected chi connectivity index (χ4v) is 5.47. The van der Waals surface area contributed by atoms with Crippen LogP contribution in [0.1, 0.15) is 54.9 Å². The third-order valence-electron chi connectivity index (χ3n) is 7.46. The molecular formula is C29H32N4O3. The molecule has 0 radical (unpaired) electrons. The summed E-state index contributed by atoms with van der Waals surface area (Å²) in [6.07, 6.45) is 5.90. The third kappa shape index (κ3) is 4.96. The lowest BCUT2D eigenvalue weighted by Gasteiger charge is -2.30. The van der Waals surface area contributed by atoms with Gasteiger partial charge in [-0.05, 0) is 31.7 Å². The van der Waals surface area contributed by atoms with Crippen LogP contribution in [-0.4, -0.2) is 46.7 Å². The molecule has 2 fully saturated rings. The van der Waals surface area contributed by atoms with E-state index in [0.29, 0.717) is 22.7 Å². The monoisotopic (exact) mass is 484 g/mol. The largest absolute Gasteiger partial charge is 0.349 e. The molecule has 1 saturated heterocycles. The highest BCUT2D eigenvalue weighted by atomic mass is 16.2. The van der Waals surface area contributed by atoms with Crippen molar-refractivity contribution in [3.63, 3.8) is 0 Å². The van der Waals surface area contributed by atoms with Crippen molar-refractivity contribution < 1.29 is 14.4 Å². The van der Waals surface area contributed by atoms with Crippen LogP contribution >= 0.6 is 0 Å². The van der Waals surface area contributed by atoms with Gasteiger partial charge in [0.05, 0.1) is 29.9 Å². The van der Waals surface area contributed by atoms with Crippen LogP contribution in [0, 0.1) is 5.92 Å². The molecule has 0 unspecified atom stereocenters. The normalized spacial score (nSPS) is 17.6. The van der Waals surface area contributed by atoms with Crippen molar-refractivity contribution in [2.45, 2.75) is 51.6 Å². The van der Waals surface area contributed by atoms with Gasteiger partial charge in [0.15, 0.2) is 0 Å². The number of fused-ring (bicyclic) bond motifs is 1. The van der Waals surface area contributed by atoms with E-state index in [2.05, 4.69) is 17.6 Å². The number of nitrogens with zero attached hydrogens (tertiary/aromatic N) is 2. The first kappa shape index (κ1) is 24.0. The molecule has 3 aromatic rings. The van der Waals surface area contributed by atoms with E-state index in [1.807, 2.05) is 54.6 Å². The Kier molecular flexibility index (Phi) is 6.98. The topological polar surface area (TPSA) is 91.4 Å². The molecule has 1 atom stereocenters. The number of nitrogens with one attached hydrogen (secondary N) is 2. The molecule has 186 valence electrons. The van der Waals surface area contributed by atoms with Crippen molar-refractivity contribution in [2.75, 3.05) is 13.1 Å². The maximum absolute atomic E-state index is 14.0. The van der Waals surface area contributed by atoms with Crippen LogP contribution in [0.5, 0.6) is 0 Å². The Morgan fingerprint density at radius 3 is 2.56 bits per heavy atom. The molecule has 2 aliphatic rings. The maximum atomic E-state index is 14.0. The molecule has 7 heteroatoms. The van der Waals surface area contributed by atoms with Gasteiger partial charge in [0.1, 0.15) is 0 Å². The lowest BCUT2D eigenvalue weighted by Crippen LogP contribution is -2.51. The standard InChI is InChI=1S/C29H32N4O3/c1-19(20-10-4-2-5-11-20)31-29(36)27-22-14-8-9-15-24(22)32-28(21-12-6-3-7-13-21)23(27)17-33-18-25(34)30-16-26(33)35/h3,6-9,12-15,19-20H,2,4-5,10-11,16-18H2,1H3,(H,30,34)(H,31,36)/t19-/m0/s1. The van der Waals surface area contributed by atoms with Gasteiger partial charge in [-0.25, -0.2) is 4.98 Å². The summed E-state index contributed by atoms with van der Waals surface area (Å²) in [7, 11) is 0. The van der Waals surface area contributed by atoms with Crippen molar-refractivity contribution in [2.24, 2.45) is 5.92 Å². The molecule has 2 aromatic carbocycles. The Balaban J connectivity index is 1.62. The molecule has 1 saturated carbocycles. The number of aromatic nitrogens is 1. The number of rotatable bonds is 6. The average molecular weight is 485 g/mol. The molecule has 0 bridgehead atoms. The minimum Gasteiger partial charge on any atom is -0.349 e. The van der Waals surface area contributed by atoms with E-state index >= 15 is 0 Å². The number of pyridine rings is 1. The SMILES string of the molecule is C[C@H](NC(=O)c1c(CN2CC(=O)NCC2=O)c(-c2ccccc2)nc2ccccc12)C1CCCCC1. The number of hydrogen-bond donors (Lipinski definition) is 2. The van der Waals surface area contributed by atoms with Crippen LogP contribution < -0.4 is 10.6 Å². The predicted octanol–water partition coefficient (Wildman–Crippen LogP) is 4.06. The van der Waals surface area contributed by atoms with Crippen molar-refractivity contribution in [3.05, 3.63) is 65.7 Å². The van der Waals surface area contributed by atoms with Crippen molar-refractivity contribution >= 4 is 28.6 Å². The minimum atomic E-state index is -0.207. The van der Waals surface area contributed by atoms with E-state index in [4.69, 9.17) is 4.98 Å². The van der Waals surface area contributed by atoms with E-state index in [9.17, 15) is 14.4 Å². The minimum absolute atomic E-state index is 0.0409. The van der Waals surface area contributed by atoms with Gasteiger partial charge < -0.3 is 15.5 Å². The third-order valence-corrected chi connectivity index (χ3v) is 7.46. The van der Waals surface area contributed by atoms with Crippen LogP contribution in [0.25, 0.3) is 22.2 Å². The number of para-hydroxylation sites is 1. The number of carbonyl (C=O) groups excluding carboxylic acids is 3. The van der Waals surface area contributed by atoms with Crippen LogP contribution in [0.15, 0.2) is 54.6 Å². The summed E-state index contributed by atoms with van der Waals surface area (Å²) in [5, 5.41) is 6.63. The highest BCUT2D eigenvalue weighted by Gasteiger charge is 2.30. The smallest absolute Gasteiger partial charge is 0.252 e. The molecule has 1 aromatic heterocycles. The van der Waals surface area contributed by atoms with Crippen molar-refractivity contribution in [3.8, 4) is 11.3 Å². The van der Waals surface area contributed by atoms with Gasteiger partial charge in [-0.1, -0.05) is 67.8 Å². The molecule has 36 heavy (non-hydrogen) atoms. The zero-order chi connectivity index (χ0) is 25.1. The van der Waals surface area contributed by atoms with Crippen LogP contribution in [0.4, 0.5) is 0 Å². The fraction of sp³-hybridized carbons (Fsp3) is 0.379. The van der Waals surface area contributed by atoms with Crippen LogP contribution in [-0.2, 0) is 16.1 Å². The number of amides is 3. The van der Waals surface area contributed by atoms with E-state index < -0.39 is 0 Å².